The summed E-state index contributed by atoms with van der Waals surface area (Å²) >= 11 is 0. The van der Waals surface area contributed by atoms with E-state index < -0.39 is 27.4 Å². The first kappa shape index (κ1) is 32.8. The van der Waals surface area contributed by atoms with Gasteiger partial charge in [-0.1, -0.05) is 18.2 Å². The molecule has 6 heterocycles. The Morgan fingerprint density at radius 2 is 1.74 bits per heavy atom. The summed E-state index contributed by atoms with van der Waals surface area (Å²) in [6.07, 6.45) is 2.70. The van der Waals surface area contributed by atoms with Crippen LogP contribution in [-0.2, 0) is 34.1 Å². The summed E-state index contributed by atoms with van der Waals surface area (Å²) in [5.74, 6) is -2.97. The summed E-state index contributed by atoms with van der Waals surface area (Å²) in [4.78, 5) is 29.8. The molecule has 250 valence electrons. The zero-order chi connectivity index (χ0) is 32.6. The number of aryl methyl sites for hydroxylation is 2. The Balaban J connectivity index is 1.42. The standard InChI is InChI=1S/C33H43F2N5O5S/c1-22-25-7-5-8-26(17-25)33(34,35)19-23-20-39(21-23)11-3-4-13-45-14-6-12-40-29-28(30(36-22)37-38(2)32(29)42)18-27(31(40)41)24-9-15-46(43,44)16-10-24/h5,7-8,17-18,22-24H,3-4,6,9-16,19-21H2,1-2H3,(H,36,37)/t22-/m1/s1. The zero-order valence-corrected chi connectivity index (χ0v) is 27.3. The van der Waals surface area contributed by atoms with Crippen LogP contribution in [0.2, 0.25) is 0 Å². The van der Waals surface area contributed by atoms with Crippen molar-refractivity contribution in [1.82, 2.24) is 19.2 Å². The van der Waals surface area contributed by atoms with E-state index in [4.69, 9.17) is 4.74 Å². The molecule has 7 rings (SSSR count). The van der Waals surface area contributed by atoms with Crippen LogP contribution in [0.4, 0.5) is 14.6 Å². The number of aromatic nitrogens is 3. The van der Waals surface area contributed by atoms with E-state index in [1.807, 2.05) is 6.92 Å². The molecule has 0 amide bonds. The quantitative estimate of drug-likeness (QED) is 0.414. The third-order valence-corrected chi connectivity index (χ3v) is 11.5. The number of pyridine rings is 1. The SMILES string of the molecule is C[C@H]1Nc2nn(C)c(=O)c3c2cc(C2CCS(=O)(=O)CC2)c(=O)n3CCCOCCCCN2CC(C2)CC(F)(F)c2cccc1c2. The highest BCUT2D eigenvalue weighted by atomic mass is 32.2. The van der Waals surface area contributed by atoms with Gasteiger partial charge in [0, 0.05) is 62.8 Å². The molecule has 0 spiro atoms. The second-order valence-corrected chi connectivity index (χ2v) is 15.5. The fraction of sp³-hybridized carbons (Fsp3) is 0.606. The minimum atomic E-state index is -3.16. The van der Waals surface area contributed by atoms with Gasteiger partial charge in [0.1, 0.15) is 15.4 Å². The predicted octanol–water partition coefficient (Wildman–Crippen LogP) is 4.17. The van der Waals surface area contributed by atoms with Crippen molar-refractivity contribution in [3.8, 4) is 0 Å². The van der Waals surface area contributed by atoms with Crippen LogP contribution in [0.5, 0.6) is 0 Å². The number of nitrogens with zero attached hydrogens (tertiary/aromatic N) is 4. The molecule has 4 aliphatic rings. The summed E-state index contributed by atoms with van der Waals surface area (Å²) in [6.45, 7) is 5.25. The van der Waals surface area contributed by atoms with Crippen LogP contribution in [0.25, 0.3) is 10.9 Å². The van der Waals surface area contributed by atoms with Gasteiger partial charge in [0.15, 0.2) is 5.82 Å². The Kier molecular flexibility index (Phi) is 9.37. The molecule has 1 N–H and O–H groups in total. The van der Waals surface area contributed by atoms with Crippen molar-refractivity contribution in [3.63, 3.8) is 0 Å². The van der Waals surface area contributed by atoms with E-state index in [1.54, 1.807) is 18.2 Å². The van der Waals surface area contributed by atoms with Crippen molar-refractivity contribution in [3.05, 3.63) is 67.7 Å². The number of alkyl halides is 2. The van der Waals surface area contributed by atoms with Gasteiger partial charge in [-0.3, -0.25) is 9.59 Å². The second kappa shape index (κ2) is 13.2. The topological polar surface area (TPSA) is 116 Å². The molecule has 1 aromatic carbocycles. The van der Waals surface area contributed by atoms with Gasteiger partial charge in [-0.05, 0) is 75.1 Å². The summed E-state index contributed by atoms with van der Waals surface area (Å²) < 4.78 is 63.9. The van der Waals surface area contributed by atoms with Gasteiger partial charge >= 0.3 is 0 Å². The summed E-state index contributed by atoms with van der Waals surface area (Å²) in [7, 11) is -1.64. The highest BCUT2D eigenvalue weighted by Crippen LogP contribution is 2.39. The van der Waals surface area contributed by atoms with Gasteiger partial charge in [-0.25, -0.2) is 21.9 Å². The van der Waals surface area contributed by atoms with Crippen molar-refractivity contribution in [2.24, 2.45) is 13.0 Å². The zero-order valence-electron chi connectivity index (χ0n) is 26.5. The Bertz CT molecular complexity index is 1810. The number of sulfone groups is 1. The maximum absolute atomic E-state index is 15.5. The van der Waals surface area contributed by atoms with Crippen molar-refractivity contribution < 1.29 is 21.9 Å². The van der Waals surface area contributed by atoms with Gasteiger partial charge in [0.25, 0.3) is 17.0 Å². The van der Waals surface area contributed by atoms with E-state index in [0.717, 1.165) is 19.4 Å². The number of halogens is 2. The fourth-order valence-corrected chi connectivity index (χ4v) is 8.57. The summed E-state index contributed by atoms with van der Waals surface area (Å²) in [5.41, 5.74) is 0.517. The highest BCUT2D eigenvalue weighted by molar-refractivity contribution is 7.91. The van der Waals surface area contributed by atoms with Crippen LogP contribution in [0.15, 0.2) is 39.9 Å². The van der Waals surface area contributed by atoms with Crippen molar-refractivity contribution in [2.75, 3.05) is 49.7 Å². The van der Waals surface area contributed by atoms with Crippen LogP contribution in [0, 0.1) is 5.92 Å². The first-order chi connectivity index (χ1) is 21.9. The average molecular weight is 660 g/mol. The molecule has 3 aromatic rings. The number of fused-ring (bicyclic) bond motifs is 9. The molecule has 2 fully saturated rings. The van der Waals surface area contributed by atoms with E-state index in [-0.39, 0.29) is 52.9 Å². The van der Waals surface area contributed by atoms with Gasteiger partial charge in [-0.15, -0.1) is 0 Å². The lowest BCUT2D eigenvalue weighted by molar-refractivity contribution is -0.0570. The average Bonchev–Trinajstić information content (AvgIpc) is 2.99. The van der Waals surface area contributed by atoms with Crippen LogP contribution in [0.3, 0.4) is 0 Å². The third-order valence-electron chi connectivity index (χ3n) is 9.74. The summed E-state index contributed by atoms with van der Waals surface area (Å²) in [5, 5.41) is 8.30. The Labute approximate surface area is 267 Å². The lowest BCUT2D eigenvalue weighted by atomic mass is 9.89. The number of anilines is 1. The number of benzene rings is 1. The van der Waals surface area contributed by atoms with Crippen molar-refractivity contribution in [1.29, 1.82) is 0 Å². The molecule has 0 unspecified atom stereocenters. The monoisotopic (exact) mass is 659 g/mol. The predicted molar refractivity (Wildman–Crippen MR) is 173 cm³/mol. The number of hydrogen-bond acceptors (Lipinski definition) is 8. The number of ether oxygens (including phenoxy) is 1. The molecule has 0 aliphatic carbocycles. The molecule has 2 saturated heterocycles. The Hall–Kier alpha value is -3.16. The number of nitrogens with one attached hydrogen (secondary N) is 1. The van der Waals surface area contributed by atoms with Crippen molar-refractivity contribution >= 4 is 26.6 Å². The first-order valence-electron chi connectivity index (χ1n) is 16.3. The smallest absolute Gasteiger partial charge is 0.291 e. The molecule has 2 aromatic heterocycles. The second-order valence-electron chi connectivity index (χ2n) is 13.2. The molecule has 46 heavy (non-hydrogen) atoms. The largest absolute Gasteiger partial charge is 0.381 e. The van der Waals surface area contributed by atoms with Crippen LogP contribution in [0.1, 0.15) is 74.1 Å². The normalized spacial score (nSPS) is 26.0. The molecule has 10 nitrogen and oxygen atoms in total. The molecular weight excluding hydrogens is 616 g/mol. The number of hydrogen-bond donors (Lipinski definition) is 1. The van der Waals surface area contributed by atoms with Gasteiger partial charge in [0.05, 0.1) is 17.5 Å². The van der Waals surface area contributed by atoms with Crippen LogP contribution in [-0.4, -0.2) is 72.0 Å². The van der Waals surface area contributed by atoms with E-state index in [9.17, 15) is 18.0 Å². The maximum atomic E-state index is 15.5. The van der Waals surface area contributed by atoms with Crippen LogP contribution >= 0.6 is 0 Å². The van der Waals surface area contributed by atoms with Gasteiger partial charge in [0.2, 0.25) is 0 Å². The lowest BCUT2D eigenvalue weighted by Gasteiger charge is -2.41. The Morgan fingerprint density at radius 3 is 2.50 bits per heavy atom. The fourth-order valence-electron chi connectivity index (χ4n) is 7.07. The molecule has 4 aliphatic heterocycles. The third kappa shape index (κ3) is 6.91. The molecule has 13 heteroatoms. The van der Waals surface area contributed by atoms with Gasteiger partial charge in [-0.2, -0.15) is 5.10 Å². The highest BCUT2D eigenvalue weighted by Gasteiger charge is 2.39. The first-order valence-corrected chi connectivity index (χ1v) is 18.1. The van der Waals surface area contributed by atoms with E-state index >= 15 is 8.78 Å². The minimum Gasteiger partial charge on any atom is -0.381 e. The molecule has 1 atom stereocenters. The van der Waals surface area contributed by atoms with E-state index in [2.05, 4.69) is 15.3 Å². The van der Waals surface area contributed by atoms with E-state index in [0.29, 0.717) is 67.9 Å². The minimum absolute atomic E-state index is 0.000584. The van der Waals surface area contributed by atoms with Crippen molar-refractivity contribution in [2.45, 2.75) is 69.9 Å². The summed E-state index contributed by atoms with van der Waals surface area (Å²) in [6, 6.07) is 7.66. The lowest BCUT2D eigenvalue weighted by Crippen LogP contribution is -2.48. The van der Waals surface area contributed by atoms with Gasteiger partial charge < -0.3 is 19.5 Å². The maximum Gasteiger partial charge on any atom is 0.291 e. The molecule has 8 bridgehead atoms. The molecule has 0 saturated carbocycles. The Morgan fingerprint density at radius 1 is 1.00 bits per heavy atom. The van der Waals surface area contributed by atoms with Crippen LogP contribution < -0.4 is 16.4 Å². The van der Waals surface area contributed by atoms with E-state index in [1.165, 1.54) is 28.4 Å². The number of rotatable bonds is 1. The molecule has 0 radical (unpaired) electrons. The molecular formula is C33H43F2N5O5S.